The Morgan fingerprint density at radius 1 is 1.18 bits per heavy atom. The quantitative estimate of drug-likeness (QED) is 0.533. The zero-order valence-electron chi connectivity index (χ0n) is 18.9. The fourth-order valence-corrected chi connectivity index (χ4v) is 5.58. The zero-order chi connectivity index (χ0) is 23.6. The van der Waals surface area contributed by atoms with Crippen molar-refractivity contribution in [3.63, 3.8) is 0 Å². The fraction of sp³-hybridized carbons (Fsp3) is 0.333. The Kier molecular flexibility index (Phi) is 6.94. The molecule has 0 aliphatic carbocycles. The van der Waals surface area contributed by atoms with E-state index in [1.807, 2.05) is 11.4 Å². The van der Waals surface area contributed by atoms with Crippen LogP contribution in [0, 0.1) is 13.8 Å². The molecule has 1 fully saturated rings. The molecule has 0 bridgehead atoms. The minimum atomic E-state index is -3.65. The molecule has 1 amide bonds. The van der Waals surface area contributed by atoms with Crippen molar-refractivity contribution < 1.29 is 17.9 Å². The normalized spacial score (nSPS) is 16.3. The SMILES string of the molecule is Cc1ccc(-c2csc(NC(=O)c3ccc(S(=O)(=O)N(C)CC4CCCO4)cc3)n2)cc1C. The summed E-state index contributed by atoms with van der Waals surface area (Å²) in [6.07, 6.45) is 1.75. The number of aryl methyl sites for hydroxylation is 2. The Balaban J connectivity index is 1.42. The van der Waals surface area contributed by atoms with Gasteiger partial charge in [-0.15, -0.1) is 11.3 Å². The van der Waals surface area contributed by atoms with E-state index >= 15 is 0 Å². The molecule has 7 nitrogen and oxygen atoms in total. The number of carbonyl (C=O) groups excluding carboxylic acids is 1. The van der Waals surface area contributed by atoms with Gasteiger partial charge >= 0.3 is 0 Å². The molecule has 0 radical (unpaired) electrons. The Morgan fingerprint density at radius 3 is 2.61 bits per heavy atom. The van der Waals surface area contributed by atoms with Crippen LogP contribution in [0.3, 0.4) is 0 Å². The number of amides is 1. The van der Waals surface area contributed by atoms with Gasteiger partial charge in [0.05, 0.1) is 16.7 Å². The van der Waals surface area contributed by atoms with Crippen LogP contribution >= 0.6 is 11.3 Å². The molecule has 9 heteroatoms. The van der Waals surface area contributed by atoms with Gasteiger partial charge in [-0.25, -0.2) is 13.4 Å². The number of sulfonamides is 1. The van der Waals surface area contributed by atoms with Gasteiger partial charge < -0.3 is 4.74 Å². The van der Waals surface area contributed by atoms with Crippen LogP contribution in [-0.4, -0.2) is 49.9 Å². The van der Waals surface area contributed by atoms with E-state index in [1.54, 1.807) is 7.05 Å². The second-order valence-electron chi connectivity index (χ2n) is 8.24. The van der Waals surface area contributed by atoms with Crippen molar-refractivity contribution in [1.29, 1.82) is 0 Å². The van der Waals surface area contributed by atoms with E-state index in [1.165, 1.54) is 51.0 Å². The molecule has 3 aromatic rings. The van der Waals surface area contributed by atoms with E-state index in [2.05, 4.69) is 36.3 Å². The van der Waals surface area contributed by atoms with E-state index in [9.17, 15) is 13.2 Å². The van der Waals surface area contributed by atoms with Gasteiger partial charge in [0.2, 0.25) is 10.0 Å². The molecule has 1 unspecified atom stereocenters. The van der Waals surface area contributed by atoms with E-state index < -0.39 is 10.0 Å². The predicted octanol–water partition coefficient (Wildman–Crippen LogP) is 4.48. The van der Waals surface area contributed by atoms with Crippen LogP contribution < -0.4 is 5.32 Å². The Bertz CT molecular complexity index is 1250. The van der Waals surface area contributed by atoms with Gasteiger partial charge in [0, 0.05) is 36.7 Å². The monoisotopic (exact) mass is 485 g/mol. The van der Waals surface area contributed by atoms with Crippen molar-refractivity contribution in [1.82, 2.24) is 9.29 Å². The zero-order valence-corrected chi connectivity index (χ0v) is 20.5. The molecule has 1 aliphatic heterocycles. The van der Waals surface area contributed by atoms with Gasteiger partial charge in [0.15, 0.2) is 5.13 Å². The molecule has 1 aromatic heterocycles. The standard InChI is InChI=1S/C24H27N3O4S2/c1-16-6-7-19(13-17(16)2)22-15-32-24(25-22)26-23(28)18-8-10-21(11-9-18)33(29,30)27(3)14-20-5-4-12-31-20/h6-11,13,15,20H,4-5,12,14H2,1-3H3,(H,25,26,28). The first-order valence-electron chi connectivity index (χ1n) is 10.8. The lowest BCUT2D eigenvalue weighted by Crippen LogP contribution is -2.34. The maximum atomic E-state index is 12.8. The maximum absolute atomic E-state index is 12.8. The van der Waals surface area contributed by atoms with Crippen LogP contribution in [0.2, 0.25) is 0 Å². The predicted molar refractivity (Wildman–Crippen MR) is 130 cm³/mol. The van der Waals surface area contributed by atoms with Gasteiger partial charge in [-0.2, -0.15) is 4.31 Å². The van der Waals surface area contributed by atoms with Gasteiger partial charge in [0.25, 0.3) is 5.91 Å². The molecular formula is C24H27N3O4S2. The number of rotatable bonds is 7. The van der Waals surface area contributed by atoms with Gasteiger partial charge in [0.1, 0.15) is 0 Å². The van der Waals surface area contributed by atoms with Crippen LogP contribution in [-0.2, 0) is 14.8 Å². The van der Waals surface area contributed by atoms with Gasteiger partial charge in [-0.1, -0.05) is 12.1 Å². The molecule has 1 atom stereocenters. The maximum Gasteiger partial charge on any atom is 0.257 e. The minimum Gasteiger partial charge on any atom is -0.377 e. The first-order chi connectivity index (χ1) is 15.7. The van der Waals surface area contributed by atoms with Crippen molar-refractivity contribution >= 4 is 32.4 Å². The highest BCUT2D eigenvalue weighted by Crippen LogP contribution is 2.27. The van der Waals surface area contributed by atoms with Crippen molar-refractivity contribution in [2.24, 2.45) is 0 Å². The van der Waals surface area contributed by atoms with E-state index in [-0.39, 0.29) is 16.9 Å². The van der Waals surface area contributed by atoms with Crippen LogP contribution in [0.15, 0.2) is 52.7 Å². The summed E-state index contributed by atoms with van der Waals surface area (Å²) in [5.74, 6) is -0.340. The van der Waals surface area contributed by atoms with Crippen LogP contribution in [0.5, 0.6) is 0 Å². The average Bonchev–Trinajstić information content (AvgIpc) is 3.48. The van der Waals surface area contributed by atoms with Crippen LogP contribution in [0.4, 0.5) is 5.13 Å². The third kappa shape index (κ3) is 5.33. The number of aromatic nitrogens is 1. The molecule has 0 spiro atoms. The van der Waals surface area contributed by atoms with Gasteiger partial charge in [-0.3, -0.25) is 10.1 Å². The summed E-state index contributed by atoms with van der Waals surface area (Å²) in [7, 11) is -2.10. The third-order valence-electron chi connectivity index (χ3n) is 5.84. The number of anilines is 1. The molecule has 2 heterocycles. The van der Waals surface area contributed by atoms with Crippen molar-refractivity contribution in [3.05, 3.63) is 64.5 Å². The first-order valence-corrected chi connectivity index (χ1v) is 13.1. The molecule has 33 heavy (non-hydrogen) atoms. The summed E-state index contributed by atoms with van der Waals surface area (Å²) >= 11 is 1.35. The highest BCUT2D eigenvalue weighted by molar-refractivity contribution is 7.89. The Hall–Kier alpha value is -2.59. The summed E-state index contributed by atoms with van der Waals surface area (Å²) in [6.45, 7) is 5.10. The lowest BCUT2D eigenvalue weighted by molar-refractivity contribution is 0.0979. The van der Waals surface area contributed by atoms with Crippen molar-refractivity contribution in [3.8, 4) is 11.3 Å². The molecule has 1 N–H and O–H groups in total. The van der Waals surface area contributed by atoms with Crippen LogP contribution in [0.1, 0.15) is 34.3 Å². The van der Waals surface area contributed by atoms with E-state index in [0.29, 0.717) is 23.8 Å². The molecule has 4 rings (SSSR count). The summed E-state index contributed by atoms with van der Waals surface area (Å²) in [4.78, 5) is 17.3. The number of hydrogen-bond acceptors (Lipinski definition) is 6. The van der Waals surface area contributed by atoms with Gasteiger partial charge in [-0.05, 0) is 68.1 Å². The number of likely N-dealkylation sites (N-methyl/N-ethyl adjacent to an activating group) is 1. The summed E-state index contributed by atoms with van der Waals surface area (Å²) < 4.78 is 32.5. The second-order valence-corrected chi connectivity index (χ2v) is 11.1. The largest absolute Gasteiger partial charge is 0.377 e. The summed E-state index contributed by atoms with van der Waals surface area (Å²) in [5, 5.41) is 5.18. The number of nitrogens with zero attached hydrogens (tertiary/aromatic N) is 2. The number of nitrogens with one attached hydrogen (secondary N) is 1. The molecule has 2 aromatic carbocycles. The van der Waals surface area contributed by atoms with Crippen LogP contribution in [0.25, 0.3) is 11.3 Å². The number of benzene rings is 2. The topological polar surface area (TPSA) is 88.6 Å². The number of ether oxygens (including phenoxy) is 1. The van der Waals surface area contributed by atoms with Crippen molar-refractivity contribution in [2.45, 2.75) is 37.7 Å². The highest BCUT2D eigenvalue weighted by atomic mass is 32.2. The molecular weight excluding hydrogens is 458 g/mol. The third-order valence-corrected chi connectivity index (χ3v) is 8.43. The first kappa shape index (κ1) is 23.6. The lowest BCUT2D eigenvalue weighted by atomic mass is 10.1. The number of thiazole rings is 1. The number of hydrogen-bond donors (Lipinski definition) is 1. The molecule has 1 saturated heterocycles. The molecule has 174 valence electrons. The minimum absolute atomic E-state index is 0.0677. The molecule has 0 saturated carbocycles. The van der Waals surface area contributed by atoms with Crippen molar-refractivity contribution in [2.75, 3.05) is 25.5 Å². The smallest absolute Gasteiger partial charge is 0.257 e. The molecule has 1 aliphatic rings. The second kappa shape index (κ2) is 9.72. The Morgan fingerprint density at radius 2 is 1.94 bits per heavy atom. The average molecular weight is 486 g/mol. The Labute approximate surface area is 198 Å². The highest BCUT2D eigenvalue weighted by Gasteiger charge is 2.26. The summed E-state index contributed by atoms with van der Waals surface area (Å²) in [6, 6.07) is 12.1. The van der Waals surface area contributed by atoms with E-state index in [4.69, 9.17) is 4.74 Å². The lowest BCUT2D eigenvalue weighted by Gasteiger charge is -2.20. The number of carbonyl (C=O) groups is 1. The fourth-order valence-electron chi connectivity index (χ4n) is 3.67. The summed E-state index contributed by atoms with van der Waals surface area (Å²) in [5.41, 5.74) is 4.55. The van der Waals surface area contributed by atoms with E-state index in [0.717, 1.165) is 24.1 Å².